The summed E-state index contributed by atoms with van der Waals surface area (Å²) in [5.41, 5.74) is 6.54. The third-order valence-electron chi connectivity index (χ3n) is 5.27. The molecule has 0 atom stereocenters. The van der Waals surface area contributed by atoms with Crippen molar-refractivity contribution < 1.29 is 13.6 Å². The normalized spacial score (nSPS) is 15.0. The first-order valence-electron chi connectivity index (χ1n) is 9.77. The molecule has 2 aromatic carbocycles. The van der Waals surface area contributed by atoms with Crippen LogP contribution in [0.3, 0.4) is 0 Å². The van der Waals surface area contributed by atoms with E-state index in [0.717, 1.165) is 0 Å². The molecule has 162 valence electrons. The third kappa shape index (κ3) is 4.00. The molecule has 3 aromatic rings. The standard InChI is InChI=1S/C22H22ClF2N5O/c1-22(2)12-29(19(31)10-26)11-18-28-20(13-4-3-5-14(24)8-13)21(30(18)22)27-15-6-7-16(23)17(25)9-15/h3-9,27H,10-12,26H2,1-2H3. The molecular formula is C22H22ClF2N5O. The van der Waals surface area contributed by atoms with Gasteiger partial charge in [0.15, 0.2) is 0 Å². The predicted molar refractivity (Wildman–Crippen MR) is 116 cm³/mol. The number of rotatable bonds is 4. The fourth-order valence-corrected chi connectivity index (χ4v) is 4.08. The number of carbonyl (C=O) groups excluding carboxylic acids is 1. The van der Waals surface area contributed by atoms with Crippen LogP contribution in [0.4, 0.5) is 20.3 Å². The molecular weight excluding hydrogens is 424 g/mol. The Balaban J connectivity index is 1.88. The zero-order valence-corrected chi connectivity index (χ0v) is 17.9. The Labute approximate surface area is 183 Å². The SMILES string of the molecule is CC1(C)CN(C(=O)CN)Cc2nc(-c3cccc(F)c3)c(Nc3ccc(Cl)c(F)c3)n21. The Morgan fingerprint density at radius 2 is 2.03 bits per heavy atom. The molecule has 0 saturated heterocycles. The lowest BCUT2D eigenvalue weighted by atomic mass is 10.0. The smallest absolute Gasteiger partial charge is 0.236 e. The molecule has 2 heterocycles. The summed E-state index contributed by atoms with van der Waals surface area (Å²) in [6, 6.07) is 10.5. The highest BCUT2D eigenvalue weighted by atomic mass is 35.5. The minimum atomic E-state index is -0.559. The number of imidazole rings is 1. The second-order valence-electron chi connectivity index (χ2n) is 8.09. The van der Waals surface area contributed by atoms with Gasteiger partial charge in [-0.05, 0) is 44.2 Å². The highest BCUT2D eigenvalue weighted by Crippen LogP contribution is 2.39. The molecule has 0 radical (unpaired) electrons. The fraction of sp³-hybridized carbons (Fsp3) is 0.273. The summed E-state index contributed by atoms with van der Waals surface area (Å²) in [6.45, 7) is 4.52. The maximum absolute atomic E-state index is 14.1. The number of hydrogen-bond donors (Lipinski definition) is 2. The Hall–Kier alpha value is -2.97. The Morgan fingerprint density at radius 1 is 1.26 bits per heavy atom. The van der Waals surface area contributed by atoms with E-state index in [2.05, 4.69) is 5.32 Å². The van der Waals surface area contributed by atoms with Crippen molar-refractivity contribution in [2.24, 2.45) is 5.73 Å². The average molecular weight is 446 g/mol. The van der Waals surface area contributed by atoms with Gasteiger partial charge in [-0.15, -0.1) is 0 Å². The van der Waals surface area contributed by atoms with Crippen LogP contribution in [-0.2, 0) is 16.9 Å². The summed E-state index contributed by atoms with van der Waals surface area (Å²) >= 11 is 5.82. The molecule has 9 heteroatoms. The van der Waals surface area contributed by atoms with Crippen LogP contribution in [0.1, 0.15) is 19.7 Å². The largest absolute Gasteiger partial charge is 0.340 e. The molecule has 1 aliphatic heterocycles. The van der Waals surface area contributed by atoms with E-state index >= 15 is 0 Å². The number of carbonyl (C=O) groups is 1. The van der Waals surface area contributed by atoms with Crippen LogP contribution in [0.15, 0.2) is 42.5 Å². The van der Waals surface area contributed by atoms with Crippen molar-refractivity contribution in [2.45, 2.75) is 25.9 Å². The van der Waals surface area contributed by atoms with E-state index in [1.54, 1.807) is 23.1 Å². The molecule has 0 saturated carbocycles. The van der Waals surface area contributed by atoms with Gasteiger partial charge in [0, 0.05) is 17.8 Å². The number of halogens is 3. The van der Waals surface area contributed by atoms with Gasteiger partial charge in [-0.25, -0.2) is 13.8 Å². The van der Waals surface area contributed by atoms with Crippen molar-refractivity contribution in [1.29, 1.82) is 0 Å². The van der Waals surface area contributed by atoms with Crippen LogP contribution >= 0.6 is 11.6 Å². The number of aromatic nitrogens is 2. The number of nitrogens with two attached hydrogens (primary N) is 1. The fourth-order valence-electron chi connectivity index (χ4n) is 3.96. The molecule has 0 fully saturated rings. The van der Waals surface area contributed by atoms with E-state index < -0.39 is 17.2 Å². The zero-order chi connectivity index (χ0) is 22.3. The molecule has 0 bridgehead atoms. The molecule has 31 heavy (non-hydrogen) atoms. The summed E-state index contributed by atoms with van der Waals surface area (Å²) in [7, 11) is 0. The van der Waals surface area contributed by atoms with Gasteiger partial charge in [-0.3, -0.25) is 4.79 Å². The van der Waals surface area contributed by atoms with E-state index in [1.165, 1.54) is 24.3 Å². The lowest BCUT2D eigenvalue weighted by Crippen LogP contribution is -2.50. The van der Waals surface area contributed by atoms with Crippen LogP contribution in [0.2, 0.25) is 5.02 Å². The first-order valence-corrected chi connectivity index (χ1v) is 10.2. The van der Waals surface area contributed by atoms with Gasteiger partial charge in [0.2, 0.25) is 5.91 Å². The molecule has 6 nitrogen and oxygen atoms in total. The number of amides is 1. The molecule has 1 amide bonds. The van der Waals surface area contributed by atoms with E-state index in [9.17, 15) is 13.6 Å². The number of hydrogen-bond acceptors (Lipinski definition) is 4. The topological polar surface area (TPSA) is 76.2 Å². The van der Waals surface area contributed by atoms with Crippen LogP contribution < -0.4 is 11.1 Å². The summed E-state index contributed by atoms with van der Waals surface area (Å²) in [4.78, 5) is 18.7. The summed E-state index contributed by atoms with van der Waals surface area (Å²) in [5.74, 6) is 0.0628. The molecule has 1 aliphatic rings. The number of benzene rings is 2. The quantitative estimate of drug-likeness (QED) is 0.629. The van der Waals surface area contributed by atoms with Gasteiger partial charge in [0.05, 0.1) is 23.7 Å². The molecule has 0 aliphatic carbocycles. The summed E-state index contributed by atoms with van der Waals surface area (Å²) in [5, 5.41) is 3.25. The van der Waals surface area contributed by atoms with Crippen LogP contribution in [0.5, 0.6) is 0 Å². The first-order chi connectivity index (χ1) is 14.7. The van der Waals surface area contributed by atoms with E-state index in [0.29, 0.717) is 35.1 Å². The van der Waals surface area contributed by atoms with Crippen LogP contribution in [0, 0.1) is 11.6 Å². The maximum Gasteiger partial charge on any atom is 0.236 e. The van der Waals surface area contributed by atoms with Crippen molar-refractivity contribution >= 4 is 29.0 Å². The van der Waals surface area contributed by atoms with Crippen molar-refractivity contribution in [3.8, 4) is 11.3 Å². The lowest BCUT2D eigenvalue weighted by molar-refractivity contribution is -0.132. The molecule has 0 unspecified atom stereocenters. The van der Waals surface area contributed by atoms with Gasteiger partial charge >= 0.3 is 0 Å². The lowest BCUT2D eigenvalue weighted by Gasteiger charge is -2.40. The Bertz CT molecular complexity index is 1160. The highest BCUT2D eigenvalue weighted by molar-refractivity contribution is 6.30. The monoisotopic (exact) mass is 445 g/mol. The van der Waals surface area contributed by atoms with Crippen LogP contribution in [-0.4, -0.2) is 33.4 Å². The van der Waals surface area contributed by atoms with Gasteiger partial charge in [-0.1, -0.05) is 23.7 Å². The molecule has 0 spiro atoms. The van der Waals surface area contributed by atoms with Gasteiger partial charge in [-0.2, -0.15) is 0 Å². The predicted octanol–water partition coefficient (Wildman–Crippen LogP) is 4.26. The van der Waals surface area contributed by atoms with E-state index in [4.69, 9.17) is 22.3 Å². The van der Waals surface area contributed by atoms with Crippen molar-refractivity contribution in [1.82, 2.24) is 14.5 Å². The highest BCUT2D eigenvalue weighted by Gasteiger charge is 2.37. The summed E-state index contributed by atoms with van der Waals surface area (Å²) in [6.07, 6.45) is 0. The number of nitrogens with one attached hydrogen (secondary N) is 1. The van der Waals surface area contributed by atoms with Gasteiger partial charge < -0.3 is 20.5 Å². The number of fused-ring (bicyclic) bond motifs is 1. The van der Waals surface area contributed by atoms with Gasteiger partial charge in [0.25, 0.3) is 0 Å². The van der Waals surface area contributed by atoms with Gasteiger partial charge in [0.1, 0.15) is 29.0 Å². The van der Waals surface area contributed by atoms with E-state index in [1.807, 2.05) is 18.4 Å². The minimum absolute atomic E-state index is 0.0162. The Morgan fingerprint density at radius 3 is 2.71 bits per heavy atom. The minimum Gasteiger partial charge on any atom is -0.340 e. The second kappa shape index (κ2) is 7.94. The average Bonchev–Trinajstić information content (AvgIpc) is 3.09. The second-order valence-corrected chi connectivity index (χ2v) is 8.50. The van der Waals surface area contributed by atoms with E-state index in [-0.39, 0.29) is 24.0 Å². The molecule has 3 N–H and O–H groups in total. The van der Waals surface area contributed by atoms with Crippen LogP contribution in [0.25, 0.3) is 11.3 Å². The maximum atomic E-state index is 14.1. The molecule has 4 rings (SSSR count). The Kier molecular flexibility index (Phi) is 5.45. The van der Waals surface area contributed by atoms with Crippen molar-refractivity contribution in [3.05, 3.63) is 64.9 Å². The first kappa shape index (κ1) is 21.3. The van der Waals surface area contributed by atoms with Crippen molar-refractivity contribution in [2.75, 3.05) is 18.4 Å². The number of anilines is 2. The summed E-state index contributed by atoms with van der Waals surface area (Å²) < 4.78 is 30.0. The number of nitrogens with zero attached hydrogens (tertiary/aromatic N) is 3. The van der Waals surface area contributed by atoms with Crippen molar-refractivity contribution in [3.63, 3.8) is 0 Å². The zero-order valence-electron chi connectivity index (χ0n) is 17.1. The molecule has 1 aromatic heterocycles. The third-order valence-corrected chi connectivity index (χ3v) is 5.58.